The van der Waals surface area contributed by atoms with Gasteiger partial charge in [0.1, 0.15) is 5.69 Å². The SMILES string of the molecule is C=CC(=O)N1CCC(NC2CNc3cc(-c4nc5ccc(OC)nn5c4-c4ccccc4)ccc32)CC1. The third kappa shape index (κ3) is 4.34. The van der Waals surface area contributed by atoms with Crippen LogP contribution in [0.15, 0.2) is 73.3 Å². The normalized spacial score (nSPS) is 17.4. The third-order valence-corrected chi connectivity index (χ3v) is 7.33. The minimum atomic E-state index is 0.0225. The zero-order valence-electron chi connectivity index (χ0n) is 20.9. The number of hydrogen-bond acceptors (Lipinski definition) is 6. The molecule has 188 valence electrons. The van der Waals surface area contributed by atoms with Crippen molar-refractivity contribution in [2.75, 3.05) is 32.1 Å². The summed E-state index contributed by atoms with van der Waals surface area (Å²) < 4.78 is 7.24. The first-order chi connectivity index (χ1) is 18.1. The Bertz CT molecular complexity index is 1460. The van der Waals surface area contributed by atoms with Crippen LogP contribution in [0.4, 0.5) is 5.69 Å². The molecule has 0 radical (unpaired) electrons. The first kappa shape index (κ1) is 23.2. The monoisotopic (exact) mass is 494 g/mol. The Labute approximate surface area is 216 Å². The van der Waals surface area contributed by atoms with Gasteiger partial charge in [0.05, 0.1) is 18.8 Å². The highest BCUT2D eigenvalue weighted by Gasteiger charge is 2.28. The highest BCUT2D eigenvalue weighted by molar-refractivity contribution is 5.87. The Morgan fingerprint density at radius 3 is 2.68 bits per heavy atom. The predicted molar refractivity (Wildman–Crippen MR) is 145 cm³/mol. The lowest BCUT2D eigenvalue weighted by Gasteiger charge is -2.33. The first-order valence-electron chi connectivity index (χ1n) is 12.7. The molecule has 2 aliphatic rings. The number of nitrogens with one attached hydrogen (secondary N) is 2. The largest absolute Gasteiger partial charge is 0.480 e. The van der Waals surface area contributed by atoms with E-state index in [0.717, 1.165) is 66.3 Å². The molecule has 2 aromatic carbocycles. The summed E-state index contributed by atoms with van der Waals surface area (Å²) in [5.41, 5.74) is 7.04. The Balaban J connectivity index is 1.29. The number of anilines is 1. The molecular formula is C29H30N6O2. The van der Waals surface area contributed by atoms with Crippen LogP contribution in [0.3, 0.4) is 0 Å². The zero-order chi connectivity index (χ0) is 25.4. The molecule has 8 nitrogen and oxygen atoms in total. The smallest absolute Gasteiger partial charge is 0.245 e. The van der Waals surface area contributed by atoms with Crippen molar-refractivity contribution in [3.8, 4) is 28.4 Å². The lowest BCUT2D eigenvalue weighted by Crippen LogP contribution is -2.45. The second kappa shape index (κ2) is 9.71. The maximum atomic E-state index is 11.9. The number of ether oxygens (including phenoxy) is 1. The molecule has 1 atom stereocenters. The van der Waals surface area contributed by atoms with Crippen LogP contribution in [0.2, 0.25) is 0 Å². The van der Waals surface area contributed by atoms with Crippen molar-refractivity contribution in [2.24, 2.45) is 0 Å². The molecule has 37 heavy (non-hydrogen) atoms. The number of carbonyl (C=O) groups excluding carboxylic acids is 1. The van der Waals surface area contributed by atoms with Crippen molar-refractivity contribution in [1.29, 1.82) is 0 Å². The summed E-state index contributed by atoms with van der Waals surface area (Å²) in [7, 11) is 1.62. The van der Waals surface area contributed by atoms with Crippen molar-refractivity contribution >= 4 is 17.2 Å². The fourth-order valence-corrected chi connectivity index (χ4v) is 5.39. The van der Waals surface area contributed by atoms with Crippen molar-refractivity contribution in [2.45, 2.75) is 24.9 Å². The second-order valence-corrected chi connectivity index (χ2v) is 9.53. The summed E-state index contributed by atoms with van der Waals surface area (Å²) >= 11 is 0. The molecule has 1 unspecified atom stereocenters. The van der Waals surface area contributed by atoms with E-state index in [-0.39, 0.29) is 11.9 Å². The lowest BCUT2D eigenvalue weighted by molar-refractivity contribution is -0.127. The number of piperidine rings is 1. The Morgan fingerprint density at radius 2 is 1.92 bits per heavy atom. The van der Waals surface area contributed by atoms with Gasteiger partial charge in [0.15, 0.2) is 5.65 Å². The van der Waals surface area contributed by atoms with Crippen molar-refractivity contribution in [3.63, 3.8) is 0 Å². The molecule has 0 bridgehead atoms. The van der Waals surface area contributed by atoms with E-state index in [1.807, 2.05) is 39.7 Å². The first-order valence-corrected chi connectivity index (χ1v) is 12.7. The molecule has 4 heterocycles. The van der Waals surface area contributed by atoms with Gasteiger partial charge in [-0.1, -0.05) is 49.0 Å². The van der Waals surface area contributed by atoms with E-state index >= 15 is 0 Å². The summed E-state index contributed by atoms with van der Waals surface area (Å²) in [6, 6.07) is 21.1. The van der Waals surface area contributed by atoms with Crippen LogP contribution >= 0.6 is 0 Å². The lowest BCUT2D eigenvalue weighted by atomic mass is 9.99. The quantitative estimate of drug-likeness (QED) is 0.389. The van der Waals surface area contributed by atoms with E-state index in [2.05, 4.69) is 52.6 Å². The van der Waals surface area contributed by atoms with E-state index in [4.69, 9.17) is 9.72 Å². The Morgan fingerprint density at radius 1 is 1.11 bits per heavy atom. The van der Waals surface area contributed by atoms with Gasteiger partial charge in [0.25, 0.3) is 0 Å². The van der Waals surface area contributed by atoms with Crippen LogP contribution in [0, 0.1) is 0 Å². The van der Waals surface area contributed by atoms with Gasteiger partial charge in [-0.2, -0.15) is 0 Å². The van der Waals surface area contributed by atoms with Crippen LogP contribution in [0.25, 0.3) is 28.2 Å². The van der Waals surface area contributed by atoms with Gasteiger partial charge in [-0.15, -0.1) is 5.10 Å². The third-order valence-electron chi connectivity index (χ3n) is 7.33. The average Bonchev–Trinajstić information content (AvgIpc) is 3.54. The molecule has 0 saturated carbocycles. The van der Waals surface area contributed by atoms with Gasteiger partial charge in [-0.3, -0.25) is 4.79 Å². The highest BCUT2D eigenvalue weighted by Crippen LogP contribution is 2.38. The number of nitrogens with zero attached hydrogens (tertiary/aromatic N) is 4. The fourth-order valence-electron chi connectivity index (χ4n) is 5.39. The topological polar surface area (TPSA) is 83.8 Å². The summed E-state index contributed by atoms with van der Waals surface area (Å²) in [5, 5.41) is 12.1. The van der Waals surface area contributed by atoms with E-state index < -0.39 is 0 Å². The van der Waals surface area contributed by atoms with E-state index in [0.29, 0.717) is 11.9 Å². The molecule has 6 rings (SSSR count). The number of aromatic nitrogens is 3. The van der Waals surface area contributed by atoms with Crippen molar-refractivity contribution in [3.05, 3.63) is 78.9 Å². The molecular weight excluding hydrogens is 464 g/mol. The van der Waals surface area contributed by atoms with Crippen molar-refractivity contribution in [1.82, 2.24) is 24.8 Å². The molecule has 2 aliphatic heterocycles. The second-order valence-electron chi connectivity index (χ2n) is 9.53. The minimum absolute atomic E-state index is 0.0225. The van der Waals surface area contributed by atoms with Gasteiger partial charge in [-0.05, 0) is 36.6 Å². The molecule has 0 aliphatic carbocycles. The Kier molecular flexibility index (Phi) is 6.10. The molecule has 1 saturated heterocycles. The van der Waals surface area contributed by atoms with Gasteiger partial charge >= 0.3 is 0 Å². The molecule has 1 fully saturated rings. The summed E-state index contributed by atoms with van der Waals surface area (Å²) in [6.45, 7) is 5.97. The number of likely N-dealkylation sites (tertiary alicyclic amines) is 1. The molecule has 4 aromatic rings. The molecule has 2 aromatic heterocycles. The van der Waals surface area contributed by atoms with Gasteiger partial charge in [0, 0.05) is 48.6 Å². The van der Waals surface area contributed by atoms with Crippen LogP contribution < -0.4 is 15.4 Å². The number of imidazole rings is 1. The molecule has 0 spiro atoms. The van der Waals surface area contributed by atoms with Crippen LogP contribution in [-0.2, 0) is 4.79 Å². The van der Waals surface area contributed by atoms with Crippen LogP contribution in [0.1, 0.15) is 24.4 Å². The van der Waals surface area contributed by atoms with E-state index in [1.54, 1.807) is 7.11 Å². The number of fused-ring (bicyclic) bond motifs is 2. The summed E-state index contributed by atoms with van der Waals surface area (Å²) in [6.07, 6.45) is 3.30. The van der Waals surface area contributed by atoms with Gasteiger partial charge < -0.3 is 20.3 Å². The summed E-state index contributed by atoms with van der Waals surface area (Å²) in [4.78, 5) is 18.7. The standard InChI is InChI=1S/C29H30N6O2/c1-3-27(36)34-15-13-21(14-16-34)31-24-18-30-23-17-20(9-10-22(23)24)28-29(19-7-5-4-6-8-19)35-25(32-28)11-12-26(33-35)37-2/h3-12,17,21,24,30-31H,1,13-16,18H2,2H3. The molecule has 2 N–H and O–H groups in total. The number of carbonyl (C=O) groups is 1. The Hall–Kier alpha value is -4.17. The van der Waals surface area contributed by atoms with Crippen LogP contribution in [-0.4, -0.2) is 58.2 Å². The fraction of sp³-hybridized carbons (Fsp3) is 0.276. The molecule has 1 amide bonds. The number of hydrogen-bond donors (Lipinski definition) is 2. The maximum absolute atomic E-state index is 11.9. The summed E-state index contributed by atoms with van der Waals surface area (Å²) in [5.74, 6) is 0.562. The zero-order valence-corrected chi connectivity index (χ0v) is 20.9. The average molecular weight is 495 g/mol. The van der Waals surface area contributed by atoms with Gasteiger partial charge in [-0.25, -0.2) is 9.50 Å². The maximum Gasteiger partial charge on any atom is 0.245 e. The number of rotatable bonds is 6. The molecule has 8 heteroatoms. The van der Waals surface area contributed by atoms with E-state index in [9.17, 15) is 4.79 Å². The van der Waals surface area contributed by atoms with E-state index in [1.165, 1.54) is 11.6 Å². The highest BCUT2D eigenvalue weighted by atomic mass is 16.5. The number of benzene rings is 2. The van der Waals surface area contributed by atoms with Crippen molar-refractivity contribution < 1.29 is 9.53 Å². The number of amides is 1. The predicted octanol–water partition coefficient (Wildman–Crippen LogP) is 4.31. The minimum Gasteiger partial charge on any atom is -0.480 e. The van der Waals surface area contributed by atoms with Crippen LogP contribution in [0.5, 0.6) is 5.88 Å². The number of methoxy groups -OCH3 is 1. The van der Waals surface area contributed by atoms with Gasteiger partial charge in [0.2, 0.25) is 11.8 Å².